The van der Waals surface area contributed by atoms with E-state index in [-0.39, 0.29) is 11.8 Å². The van der Waals surface area contributed by atoms with Gasteiger partial charge in [-0.3, -0.25) is 0 Å². The summed E-state index contributed by atoms with van der Waals surface area (Å²) in [6, 6.07) is 0. The predicted molar refractivity (Wildman–Crippen MR) is 62.5 cm³/mol. The summed E-state index contributed by atoms with van der Waals surface area (Å²) in [5, 5.41) is 17.0. The number of hydrogen-bond donors (Lipinski definition) is 1. The minimum Gasteiger partial charge on any atom is -0.476 e. The quantitative estimate of drug-likeness (QED) is 0.875. The van der Waals surface area contributed by atoms with Gasteiger partial charge < -0.3 is 9.84 Å². The summed E-state index contributed by atoms with van der Waals surface area (Å²) in [7, 11) is 0. The van der Waals surface area contributed by atoms with Gasteiger partial charge in [0.1, 0.15) is 0 Å². The van der Waals surface area contributed by atoms with Crippen LogP contribution in [0.3, 0.4) is 0 Å². The van der Waals surface area contributed by atoms with Crippen LogP contribution in [-0.2, 0) is 11.3 Å². The highest BCUT2D eigenvalue weighted by Crippen LogP contribution is 2.37. The lowest BCUT2D eigenvalue weighted by Crippen LogP contribution is -2.23. The number of hydrogen-bond acceptors (Lipinski definition) is 4. The molecule has 0 aromatic carbocycles. The second-order valence-electron chi connectivity index (χ2n) is 5.07. The van der Waals surface area contributed by atoms with Crippen LogP contribution >= 0.6 is 0 Å². The van der Waals surface area contributed by atoms with Crippen molar-refractivity contribution in [2.45, 2.75) is 50.7 Å². The van der Waals surface area contributed by atoms with Gasteiger partial charge in [-0.25, -0.2) is 9.48 Å². The van der Waals surface area contributed by atoms with Crippen LogP contribution in [-0.4, -0.2) is 38.8 Å². The van der Waals surface area contributed by atoms with E-state index in [4.69, 9.17) is 9.84 Å². The van der Waals surface area contributed by atoms with E-state index in [9.17, 15) is 4.79 Å². The number of carbonyl (C=O) groups is 1. The van der Waals surface area contributed by atoms with Crippen molar-refractivity contribution in [2.24, 2.45) is 0 Å². The summed E-state index contributed by atoms with van der Waals surface area (Å²) in [6.07, 6.45) is 5.50. The molecule has 1 aliphatic carbocycles. The Hall–Kier alpha value is -1.43. The van der Waals surface area contributed by atoms with Crippen molar-refractivity contribution in [1.82, 2.24) is 15.0 Å². The van der Waals surface area contributed by atoms with Crippen LogP contribution in [0, 0.1) is 0 Å². The van der Waals surface area contributed by atoms with Gasteiger partial charge in [-0.2, -0.15) is 0 Å². The summed E-state index contributed by atoms with van der Waals surface area (Å²) in [5.74, 6) is -0.664. The van der Waals surface area contributed by atoms with Crippen molar-refractivity contribution < 1.29 is 14.6 Å². The molecule has 98 valence electrons. The van der Waals surface area contributed by atoms with E-state index in [2.05, 4.69) is 10.3 Å². The molecule has 3 rings (SSSR count). The van der Waals surface area contributed by atoms with Crippen LogP contribution in [0.25, 0.3) is 0 Å². The number of carboxylic acid groups (broad SMARTS) is 1. The number of aromatic carboxylic acids is 1. The SMILES string of the molecule is O=C(O)c1nnn(CC2CCCO2)c1C1CCC1. The molecule has 2 heterocycles. The highest BCUT2D eigenvalue weighted by Gasteiger charge is 2.31. The van der Waals surface area contributed by atoms with Gasteiger partial charge >= 0.3 is 5.97 Å². The zero-order valence-corrected chi connectivity index (χ0v) is 10.2. The Bertz CT molecular complexity index is 447. The fourth-order valence-corrected chi connectivity index (χ4v) is 2.67. The minimum atomic E-state index is -0.976. The van der Waals surface area contributed by atoms with Gasteiger partial charge in [-0.05, 0) is 25.7 Å². The van der Waals surface area contributed by atoms with Crippen LogP contribution in [0.15, 0.2) is 0 Å². The minimum absolute atomic E-state index is 0.123. The second kappa shape index (κ2) is 4.68. The first-order chi connectivity index (χ1) is 8.75. The molecule has 1 aromatic rings. The van der Waals surface area contributed by atoms with Gasteiger partial charge in [0.2, 0.25) is 0 Å². The van der Waals surface area contributed by atoms with Crippen LogP contribution < -0.4 is 0 Å². The van der Waals surface area contributed by atoms with Gasteiger partial charge in [0.05, 0.1) is 18.3 Å². The Morgan fingerprint density at radius 2 is 2.22 bits per heavy atom. The third kappa shape index (κ3) is 2.01. The Labute approximate surface area is 105 Å². The van der Waals surface area contributed by atoms with Crippen LogP contribution in [0.2, 0.25) is 0 Å². The lowest BCUT2D eigenvalue weighted by Gasteiger charge is -2.26. The van der Waals surface area contributed by atoms with E-state index in [0.717, 1.165) is 44.4 Å². The zero-order chi connectivity index (χ0) is 12.5. The highest BCUT2D eigenvalue weighted by molar-refractivity contribution is 5.86. The molecule has 2 aliphatic rings. The van der Waals surface area contributed by atoms with E-state index in [1.54, 1.807) is 4.68 Å². The average Bonchev–Trinajstić information content (AvgIpc) is 2.87. The summed E-state index contributed by atoms with van der Waals surface area (Å²) in [6.45, 7) is 1.43. The van der Waals surface area contributed by atoms with Crippen molar-refractivity contribution >= 4 is 5.97 Å². The molecule has 6 nitrogen and oxygen atoms in total. The number of rotatable bonds is 4. The number of nitrogens with zero attached hydrogens (tertiary/aromatic N) is 3. The lowest BCUT2D eigenvalue weighted by atomic mass is 9.82. The summed E-state index contributed by atoms with van der Waals surface area (Å²) in [4.78, 5) is 11.2. The first kappa shape index (κ1) is 11.6. The van der Waals surface area contributed by atoms with E-state index >= 15 is 0 Å². The maximum absolute atomic E-state index is 11.2. The largest absolute Gasteiger partial charge is 0.476 e. The Kier molecular flexibility index (Phi) is 3.03. The zero-order valence-electron chi connectivity index (χ0n) is 10.2. The fraction of sp³-hybridized carbons (Fsp3) is 0.750. The molecule has 1 saturated carbocycles. The molecule has 1 aliphatic heterocycles. The number of carboxylic acids is 1. The lowest BCUT2D eigenvalue weighted by molar-refractivity contribution is 0.0686. The molecule has 1 saturated heterocycles. The van der Waals surface area contributed by atoms with E-state index in [0.29, 0.717) is 12.5 Å². The van der Waals surface area contributed by atoms with Crippen LogP contribution in [0.5, 0.6) is 0 Å². The molecule has 1 aromatic heterocycles. The molecule has 0 spiro atoms. The second-order valence-corrected chi connectivity index (χ2v) is 5.07. The molecule has 6 heteroatoms. The summed E-state index contributed by atoms with van der Waals surface area (Å²) < 4.78 is 7.33. The Morgan fingerprint density at radius 3 is 2.78 bits per heavy atom. The molecule has 18 heavy (non-hydrogen) atoms. The smallest absolute Gasteiger partial charge is 0.358 e. The number of aromatic nitrogens is 3. The molecule has 2 fully saturated rings. The summed E-state index contributed by atoms with van der Waals surface area (Å²) in [5.41, 5.74) is 0.918. The fourth-order valence-electron chi connectivity index (χ4n) is 2.67. The first-order valence-corrected chi connectivity index (χ1v) is 6.54. The maximum atomic E-state index is 11.2. The third-order valence-electron chi connectivity index (χ3n) is 3.87. The maximum Gasteiger partial charge on any atom is 0.358 e. The molecule has 1 N–H and O–H groups in total. The van der Waals surface area contributed by atoms with Crippen LogP contribution in [0.4, 0.5) is 0 Å². The standard InChI is InChI=1S/C12H17N3O3/c16-12(17)10-11(8-3-1-4-8)15(14-13-10)7-9-5-2-6-18-9/h8-9H,1-7H2,(H,16,17). The topological polar surface area (TPSA) is 77.2 Å². The molecule has 0 radical (unpaired) electrons. The monoisotopic (exact) mass is 251 g/mol. The molecular weight excluding hydrogens is 234 g/mol. The van der Waals surface area contributed by atoms with Crippen molar-refractivity contribution in [3.63, 3.8) is 0 Å². The molecule has 1 atom stereocenters. The van der Waals surface area contributed by atoms with E-state index in [1.165, 1.54) is 0 Å². The normalized spacial score (nSPS) is 24.1. The number of ether oxygens (including phenoxy) is 1. The summed E-state index contributed by atoms with van der Waals surface area (Å²) >= 11 is 0. The average molecular weight is 251 g/mol. The van der Waals surface area contributed by atoms with E-state index < -0.39 is 5.97 Å². The van der Waals surface area contributed by atoms with Gasteiger partial charge in [0, 0.05) is 12.5 Å². The first-order valence-electron chi connectivity index (χ1n) is 6.54. The molecular formula is C12H17N3O3. The van der Waals surface area contributed by atoms with Gasteiger partial charge in [0.25, 0.3) is 0 Å². The molecule has 1 unspecified atom stereocenters. The van der Waals surface area contributed by atoms with Crippen molar-refractivity contribution in [3.8, 4) is 0 Å². The van der Waals surface area contributed by atoms with Crippen LogP contribution in [0.1, 0.15) is 54.2 Å². The Morgan fingerprint density at radius 1 is 1.39 bits per heavy atom. The van der Waals surface area contributed by atoms with Gasteiger partial charge in [0.15, 0.2) is 5.69 Å². The van der Waals surface area contributed by atoms with Crippen molar-refractivity contribution in [3.05, 3.63) is 11.4 Å². The Balaban J connectivity index is 1.85. The highest BCUT2D eigenvalue weighted by atomic mass is 16.5. The van der Waals surface area contributed by atoms with Gasteiger partial charge in [-0.1, -0.05) is 11.6 Å². The van der Waals surface area contributed by atoms with Crippen molar-refractivity contribution in [1.29, 1.82) is 0 Å². The predicted octanol–water partition coefficient (Wildman–Crippen LogP) is 1.42. The van der Waals surface area contributed by atoms with Gasteiger partial charge in [-0.15, -0.1) is 5.10 Å². The molecule has 0 bridgehead atoms. The van der Waals surface area contributed by atoms with Crippen molar-refractivity contribution in [2.75, 3.05) is 6.61 Å². The third-order valence-corrected chi connectivity index (χ3v) is 3.87. The van der Waals surface area contributed by atoms with E-state index in [1.807, 2.05) is 0 Å². The molecule has 0 amide bonds.